The molecule has 0 unspecified atom stereocenters. The average molecular weight is 455 g/mol. The fourth-order valence-electron chi connectivity index (χ4n) is 4.54. The van der Waals surface area contributed by atoms with Crippen molar-refractivity contribution in [1.82, 2.24) is 10.2 Å². The van der Waals surface area contributed by atoms with Crippen molar-refractivity contribution in [2.75, 3.05) is 47.0 Å². The summed E-state index contributed by atoms with van der Waals surface area (Å²) < 4.78 is 17.1. The molecule has 1 aliphatic carbocycles. The molecule has 1 heterocycles. The fraction of sp³-hybridized carbons (Fsp3) is 0.478. The van der Waals surface area contributed by atoms with E-state index in [0.29, 0.717) is 6.61 Å². The molecule has 0 radical (unpaired) electrons. The Morgan fingerprint density at radius 3 is 2.00 bits per heavy atom. The lowest BCUT2D eigenvalue weighted by Crippen LogP contribution is -2.59. The van der Waals surface area contributed by atoms with E-state index in [-0.39, 0.29) is 30.4 Å². The Kier molecular flexibility index (Phi) is 9.26. The minimum absolute atomic E-state index is 0. The molecule has 0 spiro atoms. The quantitative estimate of drug-likeness (QED) is 0.693. The van der Waals surface area contributed by atoms with Crippen molar-refractivity contribution < 1.29 is 14.2 Å². The van der Waals surface area contributed by atoms with Crippen molar-refractivity contribution in [3.05, 3.63) is 59.2 Å². The molecule has 2 aromatic carbocycles. The summed E-state index contributed by atoms with van der Waals surface area (Å²) in [4.78, 5) is 2.63. The van der Waals surface area contributed by atoms with Gasteiger partial charge in [0, 0.05) is 32.2 Å². The van der Waals surface area contributed by atoms with E-state index in [2.05, 4.69) is 34.5 Å². The fourth-order valence-corrected chi connectivity index (χ4v) is 4.54. The zero-order valence-electron chi connectivity index (χ0n) is 17.7. The van der Waals surface area contributed by atoms with E-state index in [1.54, 1.807) is 14.2 Å². The zero-order chi connectivity index (χ0) is 19.4. The minimum atomic E-state index is 0. The molecular weight excluding hydrogens is 423 g/mol. The number of hydrogen-bond donors (Lipinski definition) is 1. The number of piperazine rings is 1. The van der Waals surface area contributed by atoms with Crippen molar-refractivity contribution in [2.45, 2.75) is 25.0 Å². The van der Waals surface area contributed by atoms with Crippen LogP contribution in [0.15, 0.2) is 42.5 Å². The predicted molar refractivity (Wildman–Crippen MR) is 125 cm³/mol. The summed E-state index contributed by atoms with van der Waals surface area (Å²) >= 11 is 0. The van der Waals surface area contributed by atoms with E-state index in [0.717, 1.165) is 62.7 Å². The maximum absolute atomic E-state index is 6.32. The predicted octanol–water partition coefficient (Wildman–Crippen LogP) is 3.51. The third-order valence-electron chi connectivity index (χ3n) is 6.00. The van der Waals surface area contributed by atoms with Crippen LogP contribution in [0.4, 0.5) is 0 Å². The van der Waals surface area contributed by atoms with E-state index >= 15 is 0 Å². The monoisotopic (exact) mass is 454 g/mol. The Balaban J connectivity index is 0.00000160. The van der Waals surface area contributed by atoms with E-state index in [4.69, 9.17) is 14.2 Å². The molecule has 2 aromatic rings. The van der Waals surface area contributed by atoms with Crippen LogP contribution >= 0.6 is 24.8 Å². The zero-order valence-corrected chi connectivity index (χ0v) is 19.3. The standard InChI is InChI=1S/C23H30N2O3.2ClH/c1-26-21-11-18(12-22(13-21)27-2)16-28-17-23(25-9-7-24-8-10-25)14-19-5-3-4-6-20(19)15-23;;/h3-6,11-13,24H,7-10,14-17H2,1-2H3;2*1H. The van der Waals surface area contributed by atoms with Gasteiger partial charge in [0.1, 0.15) is 11.5 Å². The number of ether oxygens (including phenoxy) is 3. The average Bonchev–Trinajstić information content (AvgIpc) is 3.13. The number of hydrogen-bond acceptors (Lipinski definition) is 5. The molecule has 0 amide bonds. The van der Waals surface area contributed by atoms with Gasteiger partial charge in [0.15, 0.2) is 0 Å². The molecule has 0 saturated carbocycles. The lowest BCUT2D eigenvalue weighted by Gasteiger charge is -2.43. The summed E-state index contributed by atoms with van der Waals surface area (Å²) in [6, 6.07) is 14.8. The largest absolute Gasteiger partial charge is 0.497 e. The molecule has 0 atom stereocenters. The van der Waals surface area contributed by atoms with E-state index in [9.17, 15) is 0 Å². The van der Waals surface area contributed by atoms with Crippen LogP contribution in [0, 0.1) is 0 Å². The van der Waals surface area contributed by atoms with Crippen LogP contribution in [-0.2, 0) is 24.2 Å². The number of fused-ring (bicyclic) bond motifs is 1. The van der Waals surface area contributed by atoms with Gasteiger partial charge in [-0.1, -0.05) is 24.3 Å². The molecule has 7 heteroatoms. The molecule has 5 nitrogen and oxygen atoms in total. The van der Waals surface area contributed by atoms with Crippen molar-refractivity contribution in [3.63, 3.8) is 0 Å². The number of nitrogens with one attached hydrogen (secondary N) is 1. The molecule has 1 saturated heterocycles. The maximum Gasteiger partial charge on any atom is 0.122 e. The smallest absolute Gasteiger partial charge is 0.122 e. The summed E-state index contributed by atoms with van der Waals surface area (Å²) in [5.74, 6) is 1.59. The Morgan fingerprint density at radius 2 is 1.47 bits per heavy atom. The number of rotatable bonds is 7. The van der Waals surface area contributed by atoms with Crippen LogP contribution in [0.25, 0.3) is 0 Å². The third-order valence-corrected chi connectivity index (χ3v) is 6.00. The van der Waals surface area contributed by atoms with Gasteiger partial charge in [-0.15, -0.1) is 24.8 Å². The van der Waals surface area contributed by atoms with Gasteiger partial charge in [-0.3, -0.25) is 4.90 Å². The highest BCUT2D eigenvalue weighted by Gasteiger charge is 2.42. The summed E-state index contributed by atoms with van der Waals surface area (Å²) in [6.45, 7) is 5.52. The lowest BCUT2D eigenvalue weighted by atomic mass is 9.93. The molecule has 1 aliphatic heterocycles. The Bertz CT molecular complexity index is 766. The molecule has 1 N–H and O–H groups in total. The second-order valence-electron chi connectivity index (χ2n) is 7.80. The van der Waals surface area contributed by atoms with Crippen LogP contribution in [-0.4, -0.2) is 57.4 Å². The second-order valence-corrected chi connectivity index (χ2v) is 7.80. The first-order valence-corrected chi connectivity index (χ1v) is 10.0. The second kappa shape index (κ2) is 11.2. The molecule has 0 bridgehead atoms. The SMILES string of the molecule is COc1cc(COCC2(N3CCNCC3)Cc3ccccc3C2)cc(OC)c1.Cl.Cl. The summed E-state index contributed by atoms with van der Waals surface area (Å²) in [6.07, 6.45) is 2.12. The molecule has 1 fully saturated rings. The van der Waals surface area contributed by atoms with Gasteiger partial charge in [0.05, 0.1) is 33.0 Å². The highest BCUT2D eigenvalue weighted by Crippen LogP contribution is 2.35. The summed E-state index contributed by atoms with van der Waals surface area (Å²) in [5.41, 5.74) is 4.05. The summed E-state index contributed by atoms with van der Waals surface area (Å²) in [5, 5.41) is 3.47. The first kappa shape index (κ1) is 24.8. The van der Waals surface area contributed by atoms with E-state index in [1.807, 2.05) is 18.2 Å². The van der Waals surface area contributed by atoms with Gasteiger partial charge in [0.2, 0.25) is 0 Å². The van der Waals surface area contributed by atoms with E-state index in [1.165, 1.54) is 11.1 Å². The minimum Gasteiger partial charge on any atom is -0.497 e. The molecule has 0 aromatic heterocycles. The van der Waals surface area contributed by atoms with Gasteiger partial charge < -0.3 is 19.5 Å². The molecule has 2 aliphatic rings. The Labute approximate surface area is 191 Å². The molecule has 30 heavy (non-hydrogen) atoms. The normalized spacial score (nSPS) is 17.4. The number of halogens is 2. The molecule has 4 rings (SSSR count). The van der Waals surface area contributed by atoms with Gasteiger partial charge in [-0.05, 0) is 41.7 Å². The number of methoxy groups -OCH3 is 2. The van der Waals surface area contributed by atoms with Crippen molar-refractivity contribution in [2.24, 2.45) is 0 Å². The molecule has 166 valence electrons. The van der Waals surface area contributed by atoms with Crippen molar-refractivity contribution in [3.8, 4) is 11.5 Å². The first-order chi connectivity index (χ1) is 13.7. The lowest BCUT2D eigenvalue weighted by molar-refractivity contribution is -0.0159. The topological polar surface area (TPSA) is 43.0 Å². The third kappa shape index (κ3) is 5.40. The Hall–Kier alpha value is -1.50. The number of nitrogens with zero attached hydrogens (tertiary/aromatic N) is 1. The van der Waals surface area contributed by atoms with Gasteiger partial charge in [0.25, 0.3) is 0 Å². The first-order valence-electron chi connectivity index (χ1n) is 10.0. The van der Waals surface area contributed by atoms with Crippen LogP contribution < -0.4 is 14.8 Å². The highest BCUT2D eigenvalue weighted by molar-refractivity contribution is 5.85. The van der Waals surface area contributed by atoms with Gasteiger partial charge in [-0.2, -0.15) is 0 Å². The van der Waals surface area contributed by atoms with Crippen molar-refractivity contribution in [1.29, 1.82) is 0 Å². The van der Waals surface area contributed by atoms with Crippen LogP contribution in [0.1, 0.15) is 16.7 Å². The van der Waals surface area contributed by atoms with Gasteiger partial charge in [-0.25, -0.2) is 0 Å². The maximum atomic E-state index is 6.32. The van der Waals surface area contributed by atoms with Crippen LogP contribution in [0.3, 0.4) is 0 Å². The Morgan fingerprint density at radius 1 is 0.900 bits per heavy atom. The van der Waals surface area contributed by atoms with Crippen LogP contribution in [0.2, 0.25) is 0 Å². The van der Waals surface area contributed by atoms with Crippen molar-refractivity contribution >= 4 is 24.8 Å². The highest BCUT2D eigenvalue weighted by atomic mass is 35.5. The molecular formula is C23H32Cl2N2O3. The van der Waals surface area contributed by atoms with Gasteiger partial charge >= 0.3 is 0 Å². The summed E-state index contributed by atoms with van der Waals surface area (Å²) in [7, 11) is 3.35. The number of benzene rings is 2. The van der Waals surface area contributed by atoms with E-state index < -0.39 is 0 Å². The van der Waals surface area contributed by atoms with Crippen LogP contribution in [0.5, 0.6) is 11.5 Å².